The molecule has 2 aliphatic heterocycles. The summed E-state index contributed by atoms with van der Waals surface area (Å²) in [5, 5.41) is 30.9. The minimum Gasteiger partial charge on any atom is -0.354 e. The van der Waals surface area contributed by atoms with E-state index in [-0.39, 0.29) is 15.8 Å². The Kier molecular flexibility index (Phi) is 14.9. The predicted octanol–water partition coefficient (Wildman–Crippen LogP) is 7.79. The van der Waals surface area contributed by atoms with Gasteiger partial charge in [-0.25, -0.2) is 25.6 Å². The summed E-state index contributed by atoms with van der Waals surface area (Å²) in [6, 6.07) is 27.5. The maximum atomic E-state index is 13.5. The van der Waals surface area contributed by atoms with Gasteiger partial charge in [0.05, 0.1) is 21.2 Å². The van der Waals surface area contributed by atoms with Crippen molar-refractivity contribution in [2.24, 2.45) is 19.8 Å². The highest BCUT2D eigenvalue weighted by Gasteiger charge is 2.33. The number of fused-ring (bicyclic) bond motifs is 2. The van der Waals surface area contributed by atoms with Crippen molar-refractivity contribution in [1.82, 2.24) is 44.3 Å². The molecule has 2 aliphatic rings. The molecule has 2 saturated heterocycles. The van der Waals surface area contributed by atoms with Gasteiger partial charge in [0.2, 0.25) is 10.0 Å². The minimum atomic E-state index is -3.74. The van der Waals surface area contributed by atoms with Crippen molar-refractivity contribution < 1.29 is 25.6 Å². The van der Waals surface area contributed by atoms with Crippen molar-refractivity contribution in [2.45, 2.75) is 61.4 Å². The van der Waals surface area contributed by atoms with Crippen molar-refractivity contribution in [2.75, 3.05) is 43.0 Å². The molecule has 0 saturated carbocycles. The monoisotopic (exact) mass is 1010 g/mol. The second kappa shape index (κ2) is 20.9. The highest BCUT2D eigenvalue weighted by atomic mass is 35.7. The number of rotatable bonds is 8. The van der Waals surface area contributed by atoms with Crippen LogP contribution in [0.3, 0.4) is 0 Å². The molecule has 0 bridgehead atoms. The van der Waals surface area contributed by atoms with Gasteiger partial charge < -0.3 is 15.5 Å². The van der Waals surface area contributed by atoms with Crippen molar-refractivity contribution in [3.05, 3.63) is 132 Å². The van der Waals surface area contributed by atoms with E-state index in [2.05, 4.69) is 58.6 Å². The summed E-state index contributed by atoms with van der Waals surface area (Å²) in [6.07, 6.45) is 6.82. The number of hydrogen-bond acceptors (Lipinski definition) is 13. The number of benzene rings is 4. The number of piperidine rings is 2. The Balaban J connectivity index is 0.000000160. The van der Waals surface area contributed by atoms with E-state index in [9.17, 15) is 25.6 Å². The van der Waals surface area contributed by atoms with Crippen LogP contribution in [-0.2, 0) is 33.2 Å². The molecular formula is C49H53ClF2N12O4S2. The van der Waals surface area contributed by atoms with E-state index >= 15 is 0 Å². The van der Waals surface area contributed by atoms with E-state index in [0.717, 1.165) is 100 Å². The van der Waals surface area contributed by atoms with Crippen LogP contribution in [0.2, 0.25) is 0 Å². The normalized spacial score (nSPS) is 14.9. The van der Waals surface area contributed by atoms with Crippen LogP contribution in [0.15, 0.2) is 119 Å². The summed E-state index contributed by atoms with van der Waals surface area (Å²) in [5.41, 5.74) is 10.3. The third-order valence-corrected chi connectivity index (χ3v) is 16.3. The fourth-order valence-corrected chi connectivity index (χ4v) is 11.7. The van der Waals surface area contributed by atoms with Gasteiger partial charge in [-0.3, -0.25) is 9.36 Å². The van der Waals surface area contributed by atoms with E-state index in [1.807, 2.05) is 61.2 Å². The third-order valence-electron chi connectivity index (χ3n) is 12.8. The molecule has 8 aromatic rings. The summed E-state index contributed by atoms with van der Waals surface area (Å²) in [5.74, 6) is 0.833. The zero-order chi connectivity index (χ0) is 49.9. The molecule has 2 N–H and O–H groups in total. The molecule has 0 aliphatic carbocycles. The molecule has 2 fully saturated rings. The fourth-order valence-electron chi connectivity index (χ4n) is 8.93. The molecule has 0 amide bonds. The Labute approximate surface area is 410 Å². The van der Waals surface area contributed by atoms with E-state index < -0.39 is 30.7 Å². The molecule has 4 aromatic carbocycles. The summed E-state index contributed by atoms with van der Waals surface area (Å²) < 4.78 is 79.1. The Morgan fingerprint density at radius 1 is 0.600 bits per heavy atom. The SMILES string of the molecule is Cc1cc(F)ccc1S(=O)(=O)Cl.Cc1cc(F)ccc1S(=O)(=O)N(C)C1CCN(c2nnc(-c3ccnn3C)c3ccccc23)CC1.Cn1nccc1-c1nnc(N2CCC(N)CC2)c2ccccc12. The molecule has 10 rings (SSSR count). The van der Waals surface area contributed by atoms with Gasteiger partial charge in [-0.05, 0) is 99.2 Å². The molecule has 21 heteroatoms. The zero-order valence-electron chi connectivity index (χ0n) is 39.3. The van der Waals surface area contributed by atoms with Gasteiger partial charge in [0.15, 0.2) is 11.6 Å². The maximum Gasteiger partial charge on any atom is 0.261 e. The van der Waals surface area contributed by atoms with Gasteiger partial charge in [-0.2, -0.15) is 14.5 Å². The van der Waals surface area contributed by atoms with Crippen LogP contribution in [0.25, 0.3) is 44.3 Å². The minimum absolute atomic E-state index is 0.0504. The molecule has 0 radical (unpaired) electrons. The van der Waals surface area contributed by atoms with Crippen LogP contribution < -0.4 is 15.5 Å². The van der Waals surface area contributed by atoms with Gasteiger partial charge in [0.25, 0.3) is 9.05 Å². The Hall–Kier alpha value is -6.45. The average molecular weight is 1010 g/mol. The largest absolute Gasteiger partial charge is 0.354 e. The molecule has 70 heavy (non-hydrogen) atoms. The predicted molar refractivity (Wildman–Crippen MR) is 268 cm³/mol. The number of aryl methyl sites for hydroxylation is 4. The number of halogens is 3. The fraction of sp³-hybridized carbons (Fsp3) is 0.306. The van der Waals surface area contributed by atoms with Crippen molar-refractivity contribution in [3.63, 3.8) is 0 Å². The Morgan fingerprint density at radius 2 is 1.01 bits per heavy atom. The molecular weight excluding hydrogens is 958 g/mol. The van der Waals surface area contributed by atoms with Crippen molar-refractivity contribution in [3.8, 4) is 22.8 Å². The van der Waals surface area contributed by atoms with Crippen molar-refractivity contribution in [1.29, 1.82) is 0 Å². The van der Waals surface area contributed by atoms with Gasteiger partial charge >= 0.3 is 0 Å². The first-order chi connectivity index (χ1) is 33.4. The molecule has 4 aromatic heterocycles. The van der Waals surface area contributed by atoms with Crippen LogP contribution in [0.1, 0.15) is 36.8 Å². The quantitative estimate of drug-likeness (QED) is 0.145. The molecule has 0 atom stereocenters. The standard InChI is InChI=1S/C25H27FN6O2S.C17H20N6.C7H6ClFO2S/c1-17-16-18(26)8-9-23(17)35(33,34)31(3)19-11-14-32(15-12-19)25-21-7-5-4-6-20(21)24(28-29-25)22-10-13-27-30(22)2;1-22-15(6-9-19-22)16-13-4-2-3-5-14(13)17(21-20-16)23-10-7-12(18)8-11-23;1-5-4-6(9)2-3-7(5)12(8,10)11/h4-10,13,16,19H,11-12,14-15H2,1-3H3;2-6,9,12H,7-8,10-11,18H2,1H3;2-4H,1H3. The van der Waals surface area contributed by atoms with E-state index in [4.69, 9.17) is 16.4 Å². The number of hydrogen-bond donors (Lipinski definition) is 1. The summed E-state index contributed by atoms with van der Waals surface area (Å²) >= 11 is 0. The highest BCUT2D eigenvalue weighted by Crippen LogP contribution is 2.35. The summed E-state index contributed by atoms with van der Waals surface area (Å²) in [7, 11) is 3.00. The van der Waals surface area contributed by atoms with Gasteiger partial charge in [0.1, 0.15) is 23.0 Å². The molecule has 0 spiro atoms. The van der Waals surface area contributed by atoms with Crippen LogP contribution in [-0.4, -0.2) is 106 Å². The highest BCUT2D eigenvalue weighted by molar-refractivity contribution is 8.13. The van der Waals surface area contributed by atoms with Crippen LogP contribution in [0.4, 0.5) is 20.4 Å². The topological polar surface area (TPSA) is 191 Å². The van der Waals surface area contributed by atoms with Gasteiger partial charge in [-0.15, -0.1) is 20.4 Å². The van der Waals surface area contributed by atoms with Gasteiger partial charge in [-0.1, -0.05) is 48.5 Å². The lowest BCUT2D eigenvalue weighted by Gasteiger charge is -2.37. The van der Waals surface area contributed by atoms with Crippen LogP contribution in [0.5, 0.6) is 0 Å². The number of nitrogens with two attached hydrogens (primary N) is 1. The summed E-state index contributed by atoms with van der Waals surface area (Å²) in [6.45, 7) is 6.27. The first-order valence-electron chi connectivity index (χ1n) is 22.6. The number of anilines is 2. The lowest BCUT2D eigenvalue weighted by atomic mass is 10.0. The van der Waals surface area contributed by atoms with E-state index in [0.29, 0.717) is 43.1 Å². The second-order valence-electron chi connectivity index (χ2n) is 17.3. The third kappa shape index (κ3) is 10.7. The number of nitrogens with zero attached hydrogens (tertiary/aromatic N) is 11. The van der Waals surface area contributed by atoms with Crippen molar-refractivity contribution >= 4 is 62.9 Å². The van der Waals surface area contributed by atoms with Crippen LogP contribution >= 0.6 is 10.7 Å². The molecule has 6 heterocycles. The Morgan fingerprint density at radius 3 is 1.41 bits per heavy atom. The number of aromatic nitrogens is 8. The lowest BCUT2D eigenvalue weighted by molar-refractivity contribution is 0.311. The smallest absolute Gasteiger partial charge is 0.261 e. The second-order valence-corrected chi connectivity index (χ2v) is 21.8. The molecule has 366 valence electrons. The zero-order valence-corrected chi connectivity index (χ0v) is 41.7. The van der Waals surface area contributed by atoms with E-state index in [1.54, 1.807) is 31.0 Å². The first-order valence-corrected chi connectivity index (χ1v) is 26.4. The number of sulfonamides is 1. The lowest BCUT2D eigenvalue weighted by Crippen LogP contribution is -2.46. The maximum absolute atomic E-state index is 13.5. The molecule has 0 unspecified atom stereocenters. The Bertz CT molecular complexity index is 3400. The molecule has 16 nitrogen and oxygen atoms in total. The summed E-state index contributed by atoms with van der Waals surface area (Å²) in [4.78, 5) is 4.56. The van der Waals surface area contributed by atoms with E-state index in [1.165, 1.54) is 29.4 Å². The van der Waals surface area contributed by atoms with Gasteiger partial charge in [0, 0.05) is 104 Å². The first kappa shape index (κ1) is 50.0. The average Bonchev–Trinajstić information content (AvgIpc) is 3.97. The van der Waals surface area contributed by atoms with Crippen LogP contribution in [0, 0.1) is 25.5 Å².